The van der Waals surface area contributed by atoms with Crippen molar-refractivity contribution in [2.45, 2.75) is 18.5 Å². The van der Waals surface area contributed by atoms with E-state index in [-0.39, 0.29) is 36.0 Å². The zero-order chi connectivity index (χ0) is 18.2. The summed E-state index contributed by atoms with van der Waals surface area (Å²) < 4.78 is 18.3. The van der Waals surface area contributed by atoms with Crippen molar-refractivity contribution in [1.29, 1.82) is 0 Å². The second-order valence-corrected chi connectivity index (χ2v) is 5.86. The molecule has 0 aliphatic rings. The normalized spacial score (nSPS) is 10.3. The van der Waals surface area contributed by atoms with Gasteiger partial charge in [-0.3, -0.25) is 4.79 Å². The Labute approximate surface area is 148 Å². The highest BCUT2D eigenvalue weighted by atomic mass is 32.2. The van der Waals surface area contributed by atoms with Crippen LogP contribution < -0.4 is 11.1 Å². The molecular weight excluding hydrogens is 347 g/mol. The first-order valence-corrected chi connectivity index (χ1v) is 8.46. The Morgan fingerprint density at radius 1 is 1.36 bits per heavy atom. The molecule has 0 bridgehead atoms. The summed E-state index contributed by atoms with van der Waals surface area (Å²) in [5, 5.41) is 2.83. The molecule has 3 N–H and O–H groups in total. The quantitative estimate of drug-likeness (QED) is 0.441. The van der Waals surface area contributed by atoms with Crippen molar-refractivity contribution in [1.82, 2.24) is 9.97 Å². The molecule has 0 fully saturated rings. The van der Waals surface area contributed by atoms with Gasteiger partial charge in [-0.2, -0.15) is 0 Å². The van der Waals surface area contributed by atoms with Gasteiger partial charge in [-0.15, -0.1) is 0 Å². The third-order valence-electron chi connectivity index (χ3n) is 3.00. The van der Waals surface area contributed by atoms with Gasteiger partial charge in [-0.25, -0.2) is 19.2 Å². The van der Waals surface area contributed by atoms with Crippen LogP contribution in [0.1, 0.15) is 23.7 Å². The fourth-order valence-corrected chi connectivity index (χ4v) is 2.58. The summed E-state index contributed by atoms with van der Waals surface area (Å²) in [4.78, 5) is 31.5. The molecule has 0 radical (unpaired) electrons. The van der Waals surface area contributed by atoms with Crippen LogP contribution in [0, 0.1) is 5.82 Å². The van der Waals surface area contributed by atoms with Crippen LogP contribution >= 0.6 is 11.8 Å². The lowest BCUT2D eigenvalue weighted by molar-refractivity contribution is -0.115. The molecule has 0 unspecified atom stereocenters. The molecule has 7 nitrogen and oxygen atoms in total. The van der Waals surface area contributed by atoms with Gasteiger partial charge in [-0.05, 0) is 19.1 Å². The minimum atomic E-state index is -0.583. The van der Waals surface area contributed by atoms with Crippen LogP contribution in [0.25, 0.3) is 0 Å². The number of para-hydroxylation sites is 1. The first kappa shape index (κ1) is 18.7. The summed E-state index contributed by atoms with van der Waals surface area (Å²) >= 11 is 1.20. The van der Waals surface area contributed by atoms with Gasteiger partial charge in [0, 0.05) is 18.4 Å². The number of thioether (sulfide) groups is 1. The SMILES string of the molecule is CCOC(=O)c1cnc(SCCC(=O)Nc2ccccc2F)nc1N. The van der Waals surface area contributed by atoms with Crippen LogP contribution in [0.5, 0.6) is 0 Å². The van der Waals surface area contributed by atoms with Crippen molar-refractivity contribution >= 4 is 35.1 Å². The maximum atomic E-state index is 13.4. The first-order chi connectivity index (χ1) is 12.0. The van der Waals surface area contributed by atoms with Crippen molar-refractivity contribution in [3.8, 4) is 0 Å². The zero-order valence-corrected chi connectivity index (χ0v) is 14.3. The molecule has 0 saturated carbocycles. The number of nitrogens with two attached hydrogens (primary N) is 1. The number of nitrogens with one attached hydrogen (secondary N) is 1. The van der Waals surface area contributed by atoms with Crippen LogP contribution in [-0.2, 0) is 9.53 Å². The molecule has 25 heavy (non-hydrogen) atoms. The molecule has 0 atom stereocenters. The van der Waals surface area contributed by atoms with E-state index in [9.17, 15) is 14.0 Å². The van der Waals surface area contributed by atoms with E-state index in [2.05, 4.69) is 15.3 Å². The number of hydrogen-bond acceptors (Lipinski definition) is 7. The highest BCUT2D eigenvalue weighted by molar-refractivity contribution is 7.99. The fourth-order valence-electron chi connectivity index (χ4n) is 1.82. The van der Waals surface area contributed by atoms with E-state index in [4.69, 9.17) is 10.5 Å². The number of carbonyl (C=O) groups is 2. The number of aromatic nitrogens is 2. The summed E-state index contributed by atoms with van der Waals surface area (Å²) in [6.45, 7) is 1.91. The van der Waals surface area contributed by atoms with Gasteiger partial charge in [-0.1, -0.05) is 23.9 Å². The van der Waals surface area contributed by atoms with Gasteiger partial charge < -0.3 is 15.8 Å². The van der Waals surface area contributed by atoms with Gasteiger partial charge in [0.1, 0.15) is 17.2 Å². The van der Waals surface area contributed by atoms with E-state index >= 15 is 0 Å². The van der Waals surface area contributed by atoms with Crippen LogP contribution in [0.15, 0.2) is 35.6 Å². The summed E-state index contributed by atoms with van der Waals surface area (Å²) in [6.07, 6.45) is 1.43. The van der Waals surface area contributed by atoms with Crippen molar-refractivity contribution in [3.63, 3.8) is 0 Å². The average molecular weight is 364 g/mol. The summed E-state index contributed by atoms with van der Waals surface area (Å²) in [5.41, 5.74) is 5.95. The molecule has 1 amide bonds. The topological polar surface area (TPSA) is 107 Å². The Morgan fingerprint density at radius 3 is 2.80 bits per heavy atom. The second kappa shape index (κ2) is 8.97. The number of hydrogen-bond donors (Lipinski definition) is 2. The maximum absolute atomic E-state index is 13.4. The number of nitrogens with zero attached hydrogens (tertiary/aromatic N) is 2. The molecule has 0 aliphatic heterocycles. The summed E-state index contributed by atoms with van der Waals surface area (Å²) in [6, 6.07) is 5.93. The Kier molecular flexibility index (Phi) is 6.70. The Hall–Kier alpha value is -2.68. The first-order valence-electron chi connectivity index (χ1n) is 7.48. The monoisotopic (exact) mass is 364 g/mol. The van der Waals surface area contributed by atoms with Crippen molar-refractivity contribution < 1.29 is 18.7 Å². The Morgan fingerprint density at radius 2 is 2.12 bits per heavy atom. The van der Waals surface area contributed by atoms with E-state index in [1.807, 2.05) is 0 Å². The molecule has 2 rings (SSSR count). The summed E-state index contributed by atoms with van der Waals surface area (Å²) in [7, 11) is 0. The lowest BCUT2D eigenvalue weighted by Gasteiger charge is -2.07. The van der Waals surface area contributed by atoms with E-state index in [1.165, 1.54) is 30.1 Å². The number of amides is 1. The number of esters is 1. The number of ether oxygens (including phenoxy) is 1. The predicted molar refractivity (Wildman–Crippen MR) is 92.8 cm³/mol. The third-order valence-corrected chi connectivity index (χ3v) is 3.86. The number of anilines is 2. The van der Waals surface area contributed by atoms with Gasteiger partial charge in [0.25, 0.3) is 0 Å². The van der Waals surface area contributed by atoms with Gasteiger partial charge >= 0.3 is 5.97 Å². The van der Waals surface area contributed by atoms with Crippen LogP contribution in [0.3, 0.4) is 0 Å². The number of carbonyl (C=O) groups excluding carboxylic acids is 2. The second-order valence-electron chi connectivity index (χ2n) is 4.80. The van der Waals surface area contributed by atoms with E-state index in [0.29, 0.717) is 10.9 Å². The Bertz CT molecular complexity index is 773. The standard InChI is InChI=1S/C16H17FN4O3S/c1-2-24-15(23)10-9-19-16(21-14(10)18)25-8-7-13(22)20-12-6-4-3-5-11(12)17/h3-6,9H,2,7-8H2,1H3,(H,20,22)(H2,18,19,21). The number of benzene rings is 1. The van der Waals surface area contributed by atoms with E-state index in [1.54, 1.807) is 19.1 Å². The molecule has 132 valence electrons. The molecule has 2 aromatic rings. The Balaban J connectivity index is 1.85. The smallest absolute Gasteiger partial charge is 0.343 e. The summed E-state index contributed by atoms with van der Waals surface area (Å²) in [5.74, 6) is -1.01. The average Bonchev–Trinajstić information content (AvgIpc) is 2.57. The van der Waals surface area contributed by atoms with Crippen molar-refractivity contribution in [2.75, 3.05) is 23.4 Å². The van der Waals surface area contributed by atoms with Crippen molar-refractivity contribution in [2.24, 2.45) is 0 Å². The molecular formula is C16H17FN4O3S. The minimum Gasteiger partial charge on any atom is -0.462 e. The molecule has 1 aromatic heterocycles. The van der Waals surface area contributed by atoms with Crippen LogP contribution in [-0.4, -0.2) is 34.2 Å². The highest BCUT2D eigenvalue weighted by Crippen LogP contribution is 2.18. The maximum Gasteiger partial charge on any atom is 0.343 e. The van der Waals surface area contributed by atoms with Crippen molar-refractivity contribution in [3.05, 3.63) is 41.8 Å². The van der Waals surface area contributed by atoms with Crippen LogP contribution in [0.4, 0.5) is 15.9 Å². The lowest BCUT2D eigenvalue weighted by Crippen LogP contribution is -2.13. The van der Waals surface area contributed by atoms with E-state index < -0.39 is 11.8 Å². The molecule has 0 aliphatic carbocycles. The number of nitrogen functional groups attached to an aromatic ring is 1. The largest absolute Gasteiger partial charge is 0.462 e. The number of halogens is 1. The predicted octanol–water partition coefficient (Wildman–Crippen LogP) is 2.50. The third kappa shape index (κ3) is 5.42. The molecule has 9 heteroatoms. The fraction of sp³-hybridized carbons (Fsp3) is 0.250. The van der Waals surface area contributed by atoms with E-state index in [0.717, 1.165) is 0 Å². The van der Waals surface area contributed by atoms with Gasteiger partial charge in [0.05, 0.1) is 12.3 Å². The van der Waals surface area contributed by atoms with Crippen LogP contribution in [0.2, 0.25) is 0 Å². The van der Waals surface area contributed by atoms with Gasteiger partial charge in [0.15, 0.2) is 5.16 Å². The molecule has 0 spiro atoms. The molecule has 0 saturated heterocycles. The highest BCUT2D eigenvalue weighted by Gasteiger charge is 2.14. The zero-order valence-electron chi connectivity index (χ0n) is 13.5. The minimum absolute atomic E-state index is 0.0201. The molecule has 1 heterocycles. The number of rotatable bonds is 7. The molecule has 1 aromatic carbocycles. The van der Waals surface area contributed by atoms with Gasteiger partial charge in [0.2, 0.25) is 5.91 Å². The lowest BCUT2D eigenvalue weighted by atomic mass is 10.3.